The van der Waals surface area contributed by atoms with Crippen LogP contribution >= 0.6 is 0 Å². The third-order valence-electron chi connectivity index (χ3n) is 2.83. The van der Waals surface area contributed by atoms with Gasteiger partial charge >= 0.3 is 0 Å². The van der Waals surface area contributed by atoms with E-state index in [0.29, 0.717) is 12.6 Å². The highest BCUT2D eigenvalue weighted by Crippen LogP contribution is 2.11. The molecule has 0 aliphatic carbocycles. The van der Waals surface area contributed by atoms with Crippen molar-refractivity contribution >= 4 is 5.91 Å². The van der Waals surface area contributed by atoms with E-state index >= 15 is 0 Å². The van der Waals surface area contributed by atoms with Crippen molar-refractivity contribution < 1.29 is 4.79 Å². The van der Waals surface area contributed by atoms with E-state index in [1.807, 2.05) is 0 Å². The minimum atomic E-state index is -0.120. The smallest absolute Gasteiger partial charge is 0.238 e. The quantitative estimate of drug-likeness (QED) is 0.666. The van der Waals surface area contributed by atoms with E-state index in [-0.39, 0.29) is 11.9 Å². The Morgan fingerprint density at radius 3 is 2.93 bits per heavy atom. The Morgan fingerprint density at radius 2 is 2.36 bits per heavy atom. The van der Waals surface area contributed by atoms with Crippen LogP contribution in [0.4, 0.5) is 0 Å². The van der Waals surface area contributed by atoms with Crippen molar-refractivity contribution in [3.63, 3.8) is 0 Å². The summed E-state index contributed by atoms with van der Waals surface area (Å²) in [7, 11) is 0. The molecule has 82 valence electrons. The first-order valence-electron chi connectivity index (χ1n) is 5.44. The molecule has 1 aliphatic rings. The molecule has 0 aromatic heterocycles. The van der Waals surface area contributed by atoms with Crippen molar-refractivity contribution in [3.8, 4) is 0 Å². The van der Waals surface area contributed by atoms with Crippen molar-refractivity contribution in [1.29, 1.82) is 0 Å². The number of carbonyl (C=O) groups excluding carboxylic acids is 1. The van der Waals surface area contributed by atoms with Crippen molar-refractivity contribution in [3.05, 3.63) is 0 Å². The maximum Gasteiger partial charge on any atom is 0.238 e. The van der Waals surface area contributed by atoms with Gasteiger partial charge in [-0.2, -0.15) is 0 Å². The largest absolute Gasteiger partial charge is 0.353 e. The molecule has 0 aromatic rings. The number of hydrogen-bond donors (Lipinski definition) is 2. The normalized spacial score (nSPS) is 28.9. The maximum absolute atomic E-state index is 11.5. The average molecular weight is 199 g/mol. The summed E-state index contributed by atoms with van der Waals surface area (Å²) in [4.78, 5) is 13.7. The van der Waals surface area contributed by atoms with E-state index in [4.69, 9.17) is 5.73 Å². The van der Waals surface area contributed by atoms with Gasteiger partial charge in [0.2, 0.25) is 5.91 Å². The highest BCUT2D eigenvalue weighted by Gasteiger charge is 2.32. The number of nitrogens with two attached hydrogens (primary N) is 1. The van der Waals surface area contributed by atoms with Gasteiger partial charge in [0, 0.05) is 19.1 Å². The lowest BCUT2D eigenvalue weighted by Gasteiger charge is -2.39. The molecule has 0 aromatic carbocycles. The second kappa shape index (κ2) is 5.32. The van der Waals surface area contributed by atoms with Crippen LogP contribution in [0.2, 0.25) is 0 Å². The van der Waals surface area contributed by atoms with E-state index in [1.54, 1.807) is 0 Å². The first kappa shape index (κ1) is 11.5. The Balaban J connectivity index is 2.58. The zero-order chi connectivity index (χ0) is 10.6. The number of nitrogens with one attached hydrogen (secondary N) is 1. The van der Waals surface area contributed by atoms with Gasteiger partial charge in [0.25, 0.3) is 0 Å². The number of piperazine rings is 1. The standard InChI is InChI=1S/C10H21N3O/c1-3-4-5-13-8(2)7-12-10(14)9(13)6-11/h8-9H,3-7,11H2,1-2H3,(H,12,14). The van der Waals surface area contributed by atoms with Crippen LogP contribution in [-0.2, 0) is 4.79 Å². The molecule has 2 atom stereocenters. The number of carbonyl (C=O) groups is 1. The summed E-state index contributed by atoms with van der Waals surface area (Å²) in [5, 5.41) is 2.88. The van der Waals surface area contributed by atoms with E-state index < -0.39 is 0 Å². The van der Waals surface area contributed by atoms with Crippen LogP contribution in [0.15, 0.2) is 0 Å². The molecule has 1 rings (SSSR count). The SMILES string of the molecule is CCCCN1C(C)CNC(=O)C1CN. The minimum absolute atomic E-state index is 0.0849. The van der Waals surface area contributed by atoms with Gasteiger partial charge in [0.15, 0.2) is 0 Å². The Morgan fingerprint density at radius 1 is 1.64 bits per heavy atom. The highest BCUT2D eigenvalue weighted by molar-refractivity contribution is 5.82. The molecule has 3 N–H and O–H groups in total. The van der Waals surface area contributed by atoms with Crippen LogP contribution in [0.25, 0.3) is 0 Å². The molecular formula is C10H21N3O. The molecule has 1 heterocycles. The van der Waals surface area contributed by atoms with E-state index in [2.05, 4.69) is 24.1 Å². The molecule has 1 fully saturated rings. The molecule has 1 amide bonds. The first-order chi connectivity index (χ1) is 6.70. The van der Waals surface area contributed by atoms with E-state index in [0.717, 1.165) is 25.9 Å². The summed E-state index contributed by atoms with van der Waals surface area (Å²) in [6, 6.07) is 0.290. The van der Waals surface area contributed by atoms with Gasteiger partial charge in [-0.1, -0.05) is 13.3 Å². The number of rotatable bonds is 4. The summed E-state index contributed by atoms with van der Waals surface area (Å²) in [5.74, 6) is 0.0849. The average Bonchev–Trinajstić information content (AvgIpc) is 2.19. The molecule has 4 nitrogen and oxygen atoms in total. The van der Waals surface area contributed by atoms with Crippen LogP contribution in [-0.4, -0.2) is 42.5 Å². The van der Waals surface area contributed by atoms with Gasteiger partial charge in [-0.05, 0) is 19.9 Å². The summed E-state index contributed by atoms with van der Waals surface area (Å²) in [6.45, 7) is 6.44. The Hall–Kier alpha value is -0.610. The zero-order valence-corrected chi connectivity index (χ0v) is 9.12. The van der Waals surface area contributed by atoms with Gasteiger partial charge in [0.1, 0.15) is 6.04 Å². The fourth-order valence-electron chi connectivity index (χ4n) is 1.90. The molecule has 2 unspecified atom stereocenters. The monoisotopic (exact) mass is 199 g/mol. The summed E-state index contributed by atoms with van der Waals surface area (Å²) >= 11 is 0. The number of hydrogen-bond acceptors (Lipinski definition) is 3. The van der Waals surface area contributed by atoms with Gasteiger partial charge in [-0.15, -0.1) is 0 Å². The third kappa shape index (κ3) is 2.45. The van der Waals surface area contributed by atoms with Crippen LogP contribution in [0.3, 0.4) is 0 Å². The van der Waals surface area contributed by atoms with Gasteiger partial charge in [-0.25, -0.2) is 0 Å². The second-order valence-electron chi connectivity index (χ2n) is 3.94. The van der Waals surface area contributed by atoms with Gasteiger partial charge < -0.3 is 11.1 Å². The maximum atomic E-state index is 11.5. The second-order valence-corrected chi connectivity index (χ2v) is 3.94. The van der Waals surface area contributed by atoms with E-state index in [1.165, 1.54) is 0 Å². The molecule has 14 heavy (non-hydrogen) atoms. The Bertz CT molecular complexity index is 196. The fourth-order valence-corrected chi connectivity index (χ4v) is 1.90. The number of unbranched alkanes of at least 4 members (excludes halogenated alkanes) is 1. The van der Waals surface area contributed by atoms with Crippen molar-refractivity contribution in [2.24, 2.45) is 5.73 Å². The molecule has 1 aliphatic heterocycles. The van der Waals surface area contributed by atoms with Crippen molar-refractivity contribution in [2.45, 2.75) is 38.8 Å². The topological polar surface area (TPSA) is 58.4 Å². The zero-order valence-electron chi connectivity index (χ0n) is 9.12. The summed E-state index contributed by atoms with van der Waals surface area (Å²) in [6.07, 6.45) is 2.29. The predicted octanol–water partition coefficient (Wildman–Crippen LogP) is -0.0659. The molecule has 0 radical (unpaired) electrons. The molecule has 4 heteroatoms. The predicted molar refractivity (Wildman–Crippen MR) is 56.9 cm³/mol. The van der Waals surface area contributed by atoms with Crippen LogP contribution in [0, 0.1) is 0 Å². The summed E-state index contributed by atoms with van der Waals surface area (Å²) in [5.41, 5.74) is 5.62. The lowest BCUT2D eigenvalue weighted by molar-refractivity contribution is -0.130. The molecule has 0 spiro atoms. The van der Waals surface area contributed by atoms with Crippen molar-refractivity contribution in [1.82, 2.24) is 10.2 Å². The molecule has 1 saturated heterocycles. The number of amides is 1. The molecule has 0 bridgehead atoms. The van der Waals surface area contributed by atoms with Crippen LogP contribution < -0.4 is 11.1 Å². The molecular weight excluding hydrogens is 178 g/mol. The third-order valence-corrected chi connectivity index (χ3v) is 2.83. The van der Waals surface area contributed by atoms with Crippen LogP contribution in [0.1, 0.15) is 26.7 Å². The van der Waals surface area contributed by atoms with Gasteiger partial charge in [0.05, 0.1) is 0 Å². The first-order valence-corrected chi connectivity index (χ1v) is 5.44. The Kier molecular flexibility index (Phi) is 4.35. The van der Waals surface area contributed by atoms with Gasteiger partial charge in [-0.3, -0.25) is 9.69 Å². The number of nitrogens with zero attached hydrogens (tertiary/aromatic N) is 1. The Labute approximate surface area is 85.8 Å². The minimum Gasteiger partial charge on any atom is -0.353 e. The fraction of sp³-hybridized carbons (Fsp3) is 0.900. The summed E-state index contributed by atoms with van der Waals surface area (Å²) < 4.78 is 0. The lowest BCUT2D eigenvalue weighted by Crippen LogP contribution is -2.62. The van der Waals surface area contributed by atoms with Crippen molar-refractivity contribution in [2.75, 3.05) is 19.6 Å². The lowest BCUT2D eigenvalue weighted by atomic mass is 10.1. The van der Waals surface area contributed by atoms with Crippen LogP contribution in [0.5, 0.6) is 0 Å². The molecule has 0 saturated carbocycles. The highest BCUT2D eigenvalue weighted by atomic mass is 16.2. The van der Waals surface area contributed by atoms with E-state index in [9.17, 15) is 4.79 Å².